The third kappa shape index (κ3) is 2.75. The highest BCUT2D eigenvalue weighted by atomic mass is 16.5. The maximum atomic E-state index is 12.4. The van der Waals surface area contributed by atoms with Crippen molar-refractivity contribution < 1.29 is 4.52 Å². The molecule has 7 heteroatoms. The summed E-state index contributed by atoms with van der Waals surface area (Å²) < 4.78 is 6.67. The van der Waals surface area contributed by atoms with E-state index in [2.05, 4.69) is 15.2 Å². The summed E-state index contributed by atoms with van der Waals surface area (Å²) in [4.78, 5) is 19.4. The van der Waals surface area contributed by atoms with E-state index in [1.807, 2.05) is 26.0 Å². The summed E-state index contributed by atoms with van der Waals surface area (Å²) in [7, 11) is 0. The van der Waals surface area contributed by atoms with Gasteiger partial charge >= 0.3 is 0 Å². The van der Waals surface area contributed by atoms with Crippen LogP contribution in [0.1, 0.15) is 48.1 Å². The van der Waals surface area contributed by atoms with Gasteiger partial charge in [-0.25, -0.2) is 9.50 Å². The molecule has 0 aliphatic carbocycles. The molecule has 0 unspecified atom stereocenters. The summed E-state index contributed by atoms with van der Waals surface area (Å²) in [6.45, 7) is 5.52. The number of nitrogens with one attached hydrogen (secondary N) is 1. The second-order valence-electron chi connectivity index (χ2n) is 6.56. The number of aryl methyl sites for hydroxylation is 2. The lowest BCUT2D eigenvalue weighted by atomic mass is 9.99. The number of aromatic nitrogens is 4. The molecular weight excluding hydrogens is 306 g/mol. The first-order chi connectivity index (χ1) is 11.6. The van der Waals surface area contributed by atoms with Crippen molar-refractivity contribution in [2.45, 2.75) is 45.7 Å². The predicted molar refractivity (Wildman–Crippen MR) is 88.8 cm³/mol. The fourth-order valence-electron chi connectivity index (χ4n) is 3.52. The molecule has 24 heavy (non-hydrogen) atoms. The first kappa shape index (κ1) is 15.1. The summed E-state index contributed by atoms with van der Waals surface area (Å²) in [6.07, 6.45) is 3.30. The Hall–Kier alpha value is -2.41. The molecule has 1 aliphatic heterocycles. The lowest BCUT2D eigenvalue weighted by molar-refractivity contribution is 0.134. The molecule has 0 bridgehead atoms. The van der Waals surface area contributed by atoms with Crippen LogP contribution in [0.3, 0.4) is 0 Å². The van der Waals surface area contributed by atoms with Crippen molar-refractivity contribution in [3.63, 3.8) is 0 Å². The number of hydrogen-bond acceptors (Lipinski definition) is 5. The SMILES string of the molecule is Cc1cc2nc([C@H]3CCCCN3Cc3cc(C)on3)cc(=O)n2[nH]1. The van der Waals surface area contributed by atoms with Gasteiger partial charge in [-0.05, 0) is 33.2 Å². The monoisotopic (exact) mass is 327 g/mol. The lowest BCUT2D eigenvalue weighted by Crippen LogP contribution is -2.34. The Balaban J connectivity index is 1.68. The second kappa shape index (κ2) is 5.90. The zero-order valence-electron chi connectivity index (χ0n) is 14.0. The van der Waals surface area contributed by atoms with Crippen LogP contribution in [0, 0.1) is 13.8 Å². The van der Waals surface area contributed by atoms with Crippen molar-refractivity contribution in [2.24, 2.45) is 0 Å². The number of hydrogen-bond donors (Lipinski definition) is 1. The molecule has 3 aromatic heterocycles. The molecule has 126 valence electrons. The highest BCUT2D eigenvalue weighted by Crippen LogP contribution is 2.30. The number of piperidine rings is 1. The molecule has 0 aromatic carbocycles. The highest BCUT2D eigenvalue weighted by molar-refractivity contribution is 5.39. The van der Waals surface area contributed by atoms with Crippen molar-refractivity contribution >= 4 is 5.65 Å². The van der Waals surface area contributed by atoms with E-state index in [1.54, 1.807) is 6.07 Å². The van der Waals surface area contributed by atoms with Gasteiger partial charge in [0.2, 0.25) is 0 Å². The topological polar surface area (TPSA) is 79.4 Å². The Morgan fingerprint density at radius 2 is 2.17 bits per heavy atom. The minimum atomic E-state index is -0.0640. The quantitative estimate of drug-likeness (QED) is 0.799. The van der Waals surface area contributed by atoms with Crippen LogP contribution in [-0.2, 0) is 6.54 Å². The number of nitrogens with zero attached hydrogens (tertiary/aromatic N) is 4. The number of H-pyrrole nitrogens is 1. The summed E-state index contributed by atoms with van der Waals surface area (Å²) in [5, 5.41) is 7.12. The Morgan fingerprint density at radius 3 is 2.96 bits per heavy atom. The first-order valence-electron chi connectivity index (χ1n) is 8.36. The Bertz CT molecular complexity index is 923. The standard InChI is InChI=1S/C17H21N5O2/c1-11-7-16-18-14(9-17(23)22(16)19-11)15-5-3-4-6-21(15)10-13-8-12(2)24-20-13/h7-9,15,19H,3-6,10H2,1-2H3/t15-/m1/s1. The molecule has 0 spiro atoms. The van der Waals surface area contributed by atoms with Crippen LogP contribution in [0.5, 0.6) is 0 Å². The molecule has 1 aliphatic rings. The van der Waals surface area contributed by atoms with E-state index < -0.39 is 0 Å². The lowest BCUT2D eigenvalue weighted by Gasteiger charge is -2.34. The Kier molecular flexibility index (Phi) is 3.72. The molecule has 1 N–H and O–H groups in total. The zero-order valence-corrected chi connectivity index (χ0v) is 14.0. The normalized spacial score (nSPS) is 19.2. The zero-order chi connectivity index (χ0) is 16.7. The van der Waals surface area contributed by atoms with Gasteiger partial charge in [0, 0.05) is 30.4 Å². The van der Waals surface area contributed by atoms with Gasteiger partial charge < -0.3 is 4.52 Å². The van der Waals surface area contributed by atoms with Crippen LogP contribution < -0.4 is 5.56 Å². The van der Waals surface area contributed by atoms with Crippen molar-refractivity contribution in [1.29, 1.82) is 0 Å². The molecule has 4 rings (SSSR count). The number of fused-ring (bicyclic) bond motifs is 1. The van der Waals surface area contributed by atoms with Gasteiger partial charge in [-0.1, -0.05) is 11.6 Å². The summed E-state index contributed by atoms with van der Waals surface area (Å²) >= 11 is 0. The van der Waals surface area contributed by atoms with Gasteiger partial charge in [0.25, 0.3) is 5.56 Å². The molecular formula is C17H21N5O2. The van der Waals surface area contributed by atoms with E-state index in [4.69, 9.17) is 9.51 Å². The Morgan fingerprint density at radius 1 is 1.29 bits per heavy atom. The number of aromatic amines is 1. The second-order valence-corrected chi connectivity index (χ2v) is 6.56. The van der Waals surface area contributed by atoms with Gasteiger partial charge in [0.15, 0.2) is 5.65 Å². The average molecular weight is 327 g/mol. The fraction of sp³-hybridized carbons (Fsp3) is 0.471. The minimum absolute atomic E-state index is 0.0640. The highest BCUT2D eigenvalue weighted by Gasteiger charge is 2.26. The molecule has 1 saturated heterocycles. The van der Waals surface area contributed by atoms with E-state index in [-0.39, 0.29) is 11.6 Å². The van der Waals surface area contributed by atoms with Crippen LogP contribution in [0.2, 0.25) is 0 Å². The van der Waals surface area contributed by atoms with E-state index >= 15 is 0 Å². The van der Waals surface area contributed by atoms with Gasteiger partial charge in [0.05, 0.1) is 17.4 Å². The van der Waals surface area contributed by atoms with Gasteiger partial charge in [-0.15, -0.1) is 0 Å². The molecule has 0 amide bonds. The Labute approximate surface area is 139 Å². The third-order valence-corrected chi connectivity index (χ3v) is 4.60. The number of likely N-dealkylation sites (tertiary alicyclic amines) is 1. The van der Waals surface area contributed by atoms with Crippen LogP contribution in [-0.4, -0.2) is 31.2 Å². The van der Waals surface area contributed by atoms with Crippen LogP contribution in [0.15, 0.2) is 27.5 Å². The molecule has 7 nitrogen and oxygen atoms in total. The first-order valence-corrected chi connectivity index (χ1v) is 8.36. The van der Waals surface area contributed by atoms with Crippen LogP contribution >= 0.6 is 0 Å². The predicted octanol–water partition coefficient (Wildman–Crippen LogP) is 2.35. The maximum absolute atomic E-state index is 12.4. The van der Waals surface area contributed by atoms with E-state index in [9.17, 15) is 4.79 Å². The van der Waals surface area contributed by atoms with Crippen molar-refractivity contribution in [1.82, 2.24) is 24.7 Å². The van der Waals surface area contributed by atoms with Gasteiger partial charge in [-0.2, -0.15) is 0 Å². The van der Waals surface area contributed by atoms with Crippen LogP contribution in [0.4, 0.5) is 0 Å². The molecule has 4 heterocycles. The summed E-state index contributed by atoms with van der Waals surface area (Å²) in [5.41, 5.74) is 3.31. The van der Waals surface area contributed by atoms with Crippen LogP contribution in [0.25, 0.3) is 5.65 Å². The van der Waals surface area contributed by atoms with Gasteiger partial charge in [-0.3, -0.25) is 14.8 Å². The molecule has 1 atom stereocenters. The fourth-order valence-corrected chi connectivity index (χ4v) is 3.52. The summed E-state index contributed by atoms with van der Waals surface area (Å²) in [5.74, 6) is 0.819. The van der Waals surface area contributed by atoms with E-state index in [0.29, 0.717) is 5.65 Å². The minimum Gasteiger partial charge on any atom is -0.361 e. The number of rotatable bonds is 3. The molecule has 3 aromatic rings. The molecule has 0 radical (unpaired) electrons. The van der Waals surface area contributed by atoms with Gasteiger partial charge in [0.1, 0.15) is 5.76 Å². The average Bonchev–Trinajstić information content (AvgIpc) is 3.13. The van der Waals surface area contributed by atoms with E-state index in [1.165, 1.54) is 4.52 Å². The van der Waals surface area contributed by atoms with Crippen molar-refractivity contribution in [3.05, 3.63) is 51.4 Å². The third-order valence-electron chi connectivity index (χ3n) is 4.60. The summed E-state index contributed by atoms with van der Waals surface area (Å²) in [6, 6.07) is 5.66. The molecule has 1 fully saturated rings. The largest absolute Gasteiger partial charge is 0.361 e. The van der Waals surface area contributed by atoms with Crippen molar-refractivity contribution in [3.8, 4) is 0 Å². The maximum Gasteiger partial charge on any atom is 0.272 e. The van der Waals surface area contributed by atoms with Crippen molar-refractivity contribution in [2.75, 3.05) is 6.54 Å². The van der Waals surface area contributed by atoms with E-state index in [0.717, 1.165) is 55.2 Å². The molecule has 0 saturated carbocycles. The smallest absolute Gasteiger partial charge is 0.272 e.